The zero-order chi connectivity index (χ0) is 26.9. The van der Waals surface area contributed by atoms with Crippen LogP contribution in [0.4, 0.5) is 4.79 Å². The molecule has 1 aliphatic rings. The van der Waals surface area contributed by atoms with Gasteiger partial charge in [-0.15, -0.1) is 0 Å². The minimum absolute atomic E-state index is 0. The Balaban J connectivity index is 0.000000329. The molecular weight excluding hydrogens is 569 g/mol. The topological polar surface area (TPSA) is 123 Å². The van der Waals surface area contributed by atoms with Crippen LogP contribution >= 0.6 is 0 Å². The van der Waals surface area contributed by atoms with E-state index in [1.54, 1.807) is 37.3 Å². The molecule has 4 aromatic rings. The first-order valence-corrected chi connectivity index (χ1v) is 11.0. The molecule has 1 fully saturated rings. The minimum Gasteiger partial charge on any atom is -0.425 e. The molecule has 38 heavy (non-hydrogen) atoms. The average Bonchev–Trinajstić information content (AvgIpc) is 3.77. The predicted molar refractivity (Wildman–Crippen MR) is 132 cm³/mol. The van der Waals surface area contributed by atoms with Crippen LogP contribution in [0.1, 0.15) is 12.5 Å². The Kier molecular flexibility index (Phi) is 15.8. The molecule has 0 aliphatic carbocycles. The molecule has 0 atom stereocenters. The molecule has 192 valence electrons. The largest absolute Gasteiger partial charge is 2.00 e. The number of benzene rings is 1. The molecule has 0 spiro atoms. The van der Waals surface area contributed by atoms with Crippen molar-refractivity contribution < 1.29 is 39.9 Å². The van der Waals surface area contributed by atoms with Crippen LogP contribution in [0.15, 0.2) is 85.7 Å². The number of amides is 1. The summed E-state index contributed by atoms with van der Waals surface area (Å²) in [5.74, 6) is 1.17. The van der Waals surface area contributed by atoms with Crippen molar-refractivity contribution in [2.45, 2.75) is 13.5 Å². The third kappa shape index (κ3) is 10.0. The molecule has 4 radical (unpaired) electrons. The smallest absolute Gasteiger partial charge is 0.425 e. The van der Waals surface area contributed by atoms with E-state index in [0.717, 1.165) is 5.56 Å². The minimum atomic E-state index is -0.252. The Morgan fingerprint density at radius 2 is 1.39 bits per heavy atom. The first-order chi connectivity index (χ1) is 18.2. The number of piperidine rings is 1. The summed E-state index contributed by atoms with van der Waals surface area (Å²) in [7, 11) is -0.194. The van der Waals surface area contributed by atoms with E-state index >= 15 is 0 Å². The van der Waals surface area contributed by atoms with E-state index in [2.05, 4.69) is 28.6 Å². The van der Waals surface area contributed by atoms with Crippen molar-refractivity contribution in [2.24, 2.45) is 0 Å². The van der Waals surface area contributed by atoms with Crippen molar-refractivity contribution in [3.63, 3.8) is 0 Å². The van der Waals surface area contributed by atoms with Gasteiger partial charge in [0.15, 0.2) is 0 Å². The number of likely N-dealkylation sites (tertiary alicyclic amines) is 1. The van der Waals surface area contributed by atoms with Crippen molar-refractivity contribution >= 4 is 13.2 Å². The van der Waals surface area contributed by atoms with Gasteiger partial charge in [0.1, 0.15) is 6.61 Å². The number of hydrogen-bond donors (Lipinski definition) is 0. The standard InChI is InChI=1S/C14H16NO2.C9H9BN6.2CO.Mo/c1-12-6-5-9-15(10-12)14(16)17-11-13-7-3-2-4-8-13;1-4-11-14(7-1)10(15-8-2-5-12-15)16-9-3-6-13-16;2*1-2;/h2-8H,9-11H2,1H3;1-9H;;;/q;-1;;;+2. The second-order valence-electron chi connectivity index (χ2n) is 7.47. The molecule has 11 nitrogen and oxygen atoms in total. The molecule has 4 heterocycles. The normalized spacial score (nSPS) is 12.3. The van der Waals surface area contributed by atoms with E-state index < -0.39 is 0 Å². The summed E-state index contributed by atoms with van der Waals surface area (Å²) in [4.78, 5) is 13.5. The molecule has 13 heteroatoms. The van der Waals surface area contributed by atoms with Crippen LogP contribution in [0.5, 0.6) is 0 Å². The summed E-state index contributed by atoms with van der Waals surface area (Å²) in [6, 6.07) is 15.3. The van der Waals surface area contributed by atoms with Crippen LogP contribution in [-0.2, 0) is 41.7 Å². The summed E-state index contributed by atoms with van der Waals surface area (Å²) in [6.45, 7) is 12.6. The SMILES string of the molecule is C[C]1[CH][CH]CN(C(=O)OCc2ccccc2)C1.[C-]#[O+].[C-]#[O+].[Mo+2].c1cnn([B-](n2cccn2)n2cccn2)c1. The summed E-state index contributed by atoms with van der Waals surface area (Å²) in [5.41, 5.74) is 1.01. The molecule has 1 aliphatic heterocycles. The van der Waals surface area contributed by atoms with Gasteiger partial charge in [0.2, 0.25) is 0 Å². The maximum Gasteiger partial charge on any atom is 2.00 e. The number of ether oxygens (including phenoxy) is 1. The molecular formula is C25H25BMoN7O4+. The van der Waals surface area contributed by atoms with E-state index in [0.29, 0.717) is 19.7 Å². The van der Waals surface area contributed by atoms with Crippen molar-refractivity contribution in [1.82, 2.24) is 34.0 Å². The Hall–Kier alpha value is -3.65. The molecule has 1 aromatic carbocycles. The van der Waals surface area contributed by atoms with Gasteiger partial charge < -0.3 is 23.4 Å². The van der Waals surface area contributed by atoms with Crippen LogP contribution in [0.2, 0.25) is 0 Å². The summed E-state index contributed by atoms with van der Waals surface area (Å²) >= 11 is 0. The molecule has 1 amide bonds. The average molecular weight is 594 g/mol. The van der Waals surface area contributed by atoms with Crippen LogP contribution in [0.25, 0.3) is 0 Å². The maximum absolute atomic E-state index is 11.8. The van der Waals surface area contributed by atoms with Gasteiger partial charge >= 0.3 is 49.8 Å². The van der Waals surface area contributed by atoms with E-state index in [4.69, 9.17) is 14.0 Å². The van der Waals surface area contributed by atoms with Gasteiger partial charge in [0.05, 0.1) is 0 Å². The first kappa shape index (κ1) is 32.4. The molecule has 1 saturated heterocycles. The number of carbonyl (C=O) groups is 1. The van der Waals surface area contributed by atoms with Gasteiger partial charge in [0, 0.05) is 31.7 Å². The van der Waals surface area contributed by atoms with Gasteiger partial charge in [-0.3, -0.25) is 0 Å². The Bertz CT molecular complexity index is 1080. The second kappa shape index (κ2) is 18.6. The fourth-order valence-electron chi connectivity index (χ4n) is 3.36. The van der Waals surface area contributed by atoms with Crippen molar-refractivity contribution in [3.8, 4) is 0 Å². The summed E-state index contributed by atoms with van der Waals surface area (Å²) in [5, 5.41) is 12.7. The zero-order valence-electron chi connectivity index (χ0n) is 20.6. The number of rotatable bonds is 5. The van der Waals surface area contributed by atoms with Gasteiger partial charge in [-0.1, -0.05) is 37.3 Å². The van der Waals surface area contributed by atoms with Gasteiger partial charge in [-0.05, 0) is 61.1 Å². The second-order valence-corrected chi connectivity index (χ2v) is 7.47. The molecule has 0 bridgehead atoms. The fraction of sp³-hybridized carbons (Fsp3) is 0.160. The van der Waals surface area contributed by atoms with Crippen LogP contribution in [0, 0.1) is 32.1 Å². The van der Waals surface area contributed by atoms with Crippen molar-refractivity contribution in [1.29, 1.82) is 0 Å². The van der Waals surface area contributed by atoms with Crippen molar-refractivity contribution in [2.75, 3.05) is 13.1 Å². The third-order valence-corrected chi connectivity index (χ3v) is 4.92. The maximum atomic E-state index is 11.8. The fourth-order valence-corrected chi connectivity index (χ4v) is 3.36. The predicted octanol–water partition coefficient (Wildman–Crippen LogP) is 2.77. The summed E-state index contributed by atoms with van der Waals surface area (Å²) in [6.07, 6.45) is 14.6. The van der Waals surface area contributed by atoms with Crippen molar-refractivity contribution in [3.05, 3.63) is 123 Å². The Morgan fingerprint density at radius 1 is 0.895 bits per heavy atom. The summed E-state index contributed by atoms with van der Waals surface area (Å²) < 4.78 is 25.6. The van der Waals surface area contributed by atoms with Crippen LogP contribution in [-0.4, -0.2) is 60.3 Å². The Labute approximate surface area is 236 Å². The van der Waals surface area contributed by atoms with E-state index in [9.17, 15) is 4.79 Å². The van der Waals surface area contributed by atoms with E-state index in [1.807, 2.05) is 86.9 Å². The third-order valence-electron chi connectivity index (χ3n) is 4.92. The van der Waals surface area contributed by atoms with Crippen LogP contribution < -0.4 is 0 Å². The van der Waals surface area contributed by atoms with Gasteiger partial charge in [0.25, 0.3) is 7.12 Å². The number of aromatic nitrogens is 6. The molecule has 3 aromatic heterocycles. The number of carbonyl (C=O) groups excluding carboxylic acids is 1. The van der Waals surface area contributed by atoms with Crippen LogP contribution in [0.3, 0.4) is 0 Å². The number of nitrogens with zero attached hydrogens (tertiary/aromatic N) is 7. The first-order valence-electron chi connectivity index (χ1n) is 11.0. The molecule has 0 saturated carbocycles. The van der Waals surface area contributed by atoms with Gasteiger partial charge in [-0.25, -0.2) is 20.1 Å². The quantitative estimate of drug-likeness (QED) is 0.200. The Morgan fingerprint density at radius 3 is 1.82 bits per heavy atom. The number of hydrogen-bond acceptors (Lipinski definition) is 5. The van der Waals surface area contributed by atoms with E-state index in [1.165, 1.54) is 5.92 Å². The van der Waals surface area contributed by atoms with Gasteiger partial charge in [-0.2, -0.15) is 0 Å². The monoisotopic (exact) mass is 596 g/mol. The molecule has 5 rings (SSSR count). The van der Waals surface area contributed by atoms with E-state index in [-0.39, 0.29) is 34.3 Å². The zero-order valence-corrected chi connectivity index (χ0v) is 22.6. The molecule has 0 unspecified atom stereocenters. The molecule has 0 N–H and O–H groups in total.